The topological polar surface area (TPSA) is 80.3 Å². The molecule has 1 aromatic heterocycles. The summed E-state index contributed by atoms with van der Waals surface area (Å²) in [6.45, 7) is 2.83. The number of para-hydroxylation sites is 1. The van der Waals surface area contributed by atoms with Crippen molar-refractivity contribution in [3.8, 4) is 5.88 Å². The lowest BCUT2D eigenvalue weighted by molar-refractivity contribution is 0.305. The molecule has 7 heteroatoms. The van der Waals surface area contributed by atoms with Gasteiger partial charge in [0.25, 0.3) is 10.0 Å². The fraction of sp³-hybridized carbons (Fsp3) is 0.500. The zero-order chi connectivity index (χ0) is 20.7. The fourth-order valence-electron chi connectivity index (χ4n) is 3.91. The summed E-state index contributed by atoms with van der Waals surface area (Å²) in [7, 11) is -2.22. The van der Waals surface area contributed by atoms with Crippen molar-refractivity contribution < 1.29 is 13.2 Å². The average molecular weight is 418 g/mol. The summed E-state index contributed by atoms with van der Waals surface area (Å²) in [6, 6.07) is 10.9. The number of benzene rings is 1. The van der Waals surface area contributed by atoms with E-state index in [4.69, 9.17) is 4.74 Å². The molecular weight excluding hydrogens is 386 g/mol. The van der Waals surface area contributed by atoms with E-state index >= 15 is 0 Å². The summed E-state index contributed by atoms with van der Waals surface area (Å²) >= 11 is 0. The number of methoxy groups -OCH3 is 1. The zero-order valence-electron chi connectivity index (χ0n) is 17.2. The number of rotatable bonds is 9. The molecule has 1 aromatic carbocycles. The Morgan fingerprint density at radius 3 is 2.59 bits per heavy atom. The van der Waals surface area contributed by atoms with Crippen molar-refractivity contribution in [3.63, 3.8) is 0 Å². The number of anilines is 1. The highest BCUT2D eigenvalue weighted by molar-refractivity contribution is 7.92. The molecule has 0 saturated heterocycles. The van der Waals surface area contributed by atoms with Gasteiger partial charge in [0.1, 0.15) is 4.90 Å². The predicted octanol–water partition coefficient (Wildman–Crippen LogP) is 4.34. The maximum atomic E-state index is 12.7. The minimum Gasteiger partial charge on any atom is -0.481 e. The van der Waals surface area contributed by atoms with Crippen LogP contribution in [0.2, 0.25) is 0 Å². The van der Waals surface area contributed by atoms with E-state index in [-0.39, 0.29) is 4.90 Å². The Hall–Kier alpha value is -2.12. The van der Waals surface area contributed by atoms with Crippen LogP contribution in [0.4, 0.5) is 5.69 Å². The summed E-state index contributed by atoms with van der Waals surface area (Å²) in [5.74, 6) is 1.18. The Morgan fingerprint density at radius 2 is 1.90 bits per heavy atom. The average Bonchev–Trinajstić information content (AvgIpc) is 2.73. The quantitative estimate of drug-likeness (QED) is 0.634. The second-order valence-electron chi connectivity index (χ2n) is 7.82. The molecule has 0 bridgehead atoms. The highest BCUT2D eigenvalue weighted by atomic mass is 32.2. The lowest BCUT2D eigenvalue weighted by Crippen LogP contribution is -2.29. The van der Waals surface area contributed by atoms with Gasteiger partial charge in [-0.3, -0.25) is 4.72 Å². The Bertz CT molecular complexity index is 878. The number of nitrogens with one attached hydrogen (secondary N) is 2. The van der Waals surface area contributed by atoms with E-state index in [9.17, 15) is 8.42 Å². The number of aromatic nitrogens is 1. The predicted molar refractivity (Wildman–Crippen MR) is 116 cm³/mol. The van der Waals surface area contributed by atoms with Gasteiger partial charge in [-0.1, -0.05) is 50.3 Å². The molecule has 0 unspecified atom stereocenters. The number of pyridine rings is 1. The van der Waals surface area contributed by atoms with E-state index in [0.29, 0.717) is 24.2 Å². The van der Waals surface area contributed by atoms with Crippen LogP contribution in [0.25, 0.3) is 0 Å². The second kappa shape index (κ2) is 10.1. The molecular formula is C22H31N3O3S. The molecule has 1 saturated carbocycles. The minimum absolute atomic E-state index is 0.103. The molecule has 1 aliphatic carbocycles. The van der Waals surface area contributed by atoms with Crippen LogP contribution in [0.3, 0.4) is 0 Å². The number of hydrogen-bond acceptors (Lipinski definition) is 5. The molecule has 1 fully saturated rings. The molecule has 1 aliphatic rings. The second-order valence-corrected chi connectivity index (χ2v) is 9.50. The van der Waals surface area contributed by atoms with Gasteiger partial charge in [0.2, 0.25) is 5.88 Å². The lowest BCUT2D eigenvalue weighted by atomic mass is 9.85. The van der Waals surface area contributed by atoms with Crippen LogP contribution in [0.5, 0.6) is 5.88 Å². The van der Waals surface area contributed by atoms with Gasteiger partial charge < -0.3 is 10.1 Å². The molecule has 6 nitrogen and oxygen atoms in total. The molecule has 29 heavy (non-hydrogen) atoms. The van der Waals surface area contributed by atoms with E-state index in [0.717, 1.165) is 11.5 Å². The third kappa shape index (κ3) is 6.18. The lowest BCUT2D eigenvalue weighted by Gasteiger charge is -2.25. The third-order valence-corrected chi connectivity index (χ3v) is 6.89. The normalized spacial score (nSPS) is 16.3. The van der Waals surface area contributed by atoms with E-state index in [1.165, 1.54) is 64.0 Å². The molecule has 158 valence electrons. The van der Waals surface area contributed by atoms with Crippen LogP contribution in [-0.2, 0) is 16.6 Å². The smallest absolute Gasteiger partial charge is 0.263 e. The van der Waals surface area contributed by atoms with Crippen molar-refractivity contribution >= 4 is 15.7 Å². The largest absolute Gasteiger partial charge is 0.481 e. The molecule has 0 amide bonds. The van der Waals surface area contributed by atoms with Crippen molar-refractivity contribution in [3.05, 3.63) is 48.2 Å². The highest BCUT2D eigenvalue weighted by Crippen LogP contribution is 2.27. The van der Waals surface area contributed by atoms with E-state index in [1.807, 2.05) is 18.2 Å². The van der Waals surface area contributed by atoms with Gasteiger partial charge in [0, 0.05) is 18.7 Å². The van der Waals surface area contributed by atoms with Gasteiger partial charge >= 0.3 is 0 Å². The van der Waals surface area contributed by atoms with Crippen LogP contribution in [-0.4, -0.2) is 26.6 Å². The molecule has 2 N–H and O–H groups in total. The Balaban J connectivity index is 1.63. The molecule has 0 spiro atoms. The van der Waals surface area contributed by atoms with Gasteiger partial charge in [0.15, 0.2) is 0 Å². The standard InChI is InChI=1S/C22H31N3O3S/c1-17(14-18-8-4-3-5-9-18)23-15-19-10-6-7-11-21(19)25-29(26,27)20-12-13-22(28-2)24-16-20/h6-7,10-13,16-18,23,25H,3-5,8-9,14-15H2,1-2H3/t17-/m0/s1. The fourth-order valence-corrected chi connectivity index (χ4v) is 4.96. The first kappa shape index (κ1) is 21.6. The zero-order valence-corrected chi connectivity index (χ0v) is 18.0. The van der Waals surface area contributed by atoms with Crippen molar-refractivity contribution in [2.45, 2.75) is 62.9 Å². The molecule has 0 radical (unpaired) electrons. The molecule has 0 aliphatic heterocycles. The van der Waals surface area contributed by atoms with Crippen molar-refractivity contribution in [1.29, 1.82) is 0 Å². The highest BCUT2D eigenvalue weighted by Gasteiger charge is 2.18. The first-order valence-electron chi connectivity index (χ1n) is 10.3. The van der Waals surface area contributed by atoms with Crippen LogP contribution < -0.4 is 14.8 Å². The number of sulfonamides is 1. The van der Waals surface area contributed by atoms with Gasteiger partial charge in [0.05, 0.1) is 19.0 Å². The van der Waals surface area contributed by atoms with Crippen LogP contribution >= 0.6 is 0 Å². The Labute approximate surface area is 174 Å². The van der Waals surface area contributed by atoms with E-state index < -0.39 is 10.0 Å². The first-order chi connectivity index (χ1) is 14.0. The summed E-state index contributed by atoms with van der Waals surface area (Å²) in [5.41, 5.74) is 1.51. The van der Waals surface area contributed by atoms with Gasteiger partial charge in [-0.25, -0.2) is 13.4 Å². The Morgan fingerprint density at radius 1 is 1.14 bits per heavy atom. The van der Waals surface area contributed by atoms with E-state index in [2.05, 4.69) is 21.9 Å². The van der Waals surface area contributed by atoms with Crippen LogP contribution in [0, 0.1) is 5.92 Å². The number of hydrogen-bond donors (Lipinski definition) is 2. The molecule has 2 aromatic rings. The van der Waals surface area contributed by atoms with Gasteiger partial charge in [-0.05, 0) is 37.0 Å². The molecule has 1 heterocycles. The van der Waals surface area contributed by atoms with Crippen LogP contribution in [0.1, 0.15) is 51.0 Å². The maximum absolute atomic E-state index is 12.7. The third-order valence-electron chi connectivity index (χ3n) is 5.54. The van der Waals surface area contributed by atoms with Gasteiger partial charge in [-0.15, -0.1) is 0 Å². The molecule has 3 rings (SSSR count). The first-order valence-corrected chi connectivity index (χ1v) is 11.8. The minimum atomic E-state index is -3.72. The summed E-state index contributed by atoms with van der Waals surface area (Å²) < 4.78 is 33.2. The SMILES string of the molecule is COc1ccc(S(=O)(=O)Nc2ccccc2CN[C@@H](C)CC2CCCCC2)cn1. The van der Waals surface area contributed by atoms with Crippen molar-refractivity contribution in [2.75, 3.05) is 11.8 Å². The van der Waals surface area contributed by atoms with E-state index in [1.54, 1.807) is 6.07 Å². The number of ether oxygens (including phenoxy) is 1. The van der Waals surface area contributed by atoms with Crippen molar-refractivity contribution in [2.24, 2.45) is 5.92 Å². The number of nitrogens with zero attached hydrogens (tertiary/aromatic N) is 1. The monoisotopic (exact) mass is 417 g/mol. The van der Waals surface area contributed by atoms with Gasteiger partial charge in [-0.2, -0.15) is 0 Å². The Kier molecular flexibility index (Phi) is 7.50. The summed E-state index contributed by atoms with van der Waals surface area (Å²) in [4.78, 5) is 4.09. The molecule has 1 atom stereocenters. The summed E-state index contributed by atoms with van der Waals surface area (Å²) in [6.07, 6.45) is 9.20. The summed E-state index contributed by atoms with van der Waals surface area (Å²) in [5, 5.41) is 3.56. The van der Waals surface area contributed by atoms with Crippen LogP contribution in [0.15, 0.2) is 47.5 Å². The van der Waals surface area contributed by atoms with Crippen molar-refractivity contribution in [1.82, 2.24) is 10.3 Å². The maximum Gasteiger partial charge on any atom is 0.263 e.